The molecule has 0 aliphatic heterocycles. The molecule has 0 saturated heterocycles. The minimum Gasteiger partial charge on any atom is -0.508 e. The van der Waals surface area contributed by atoms with E-state index in [0.29, 0.717) is 5.58 Å². The number of benzene rings is 3. The Hall–Kier alpha value is -3.33. The third-order valence-electron chi connectivity index (χ3n) is 4.07. The molecule has 0 bridgehead atoms. The van der Waals surface area contributed by atoms with Crippen LogP contribution in [0.15, 0.2) is 88.3 Å². The average molecular weight is 327 g/mol. The molecule has 122 valence electrons. The van der Waals surface area contributed by atoms with Gasteiger partial charge in [0.05, 0.1) is 11.0 Å². The van der Waals surface area contributed by atoms with Crippen LogP contribution in [0.25, 0.3) is 22.3 Å². The second-order valence-corrected chi connectivity index (χ2v) is 5.99. The molecule has 0 spiro atoms. The van der Waals surface area contributed by atoms with Gasteiger partial charge in [-0.05, 0) is 37.3 Å². The van der Waals surface area contributed by atoms with E-state index in [1.807, 2.05) is 67.6 Å². The predicted molar refractivity (Wildman–Crippen MR) is 99.7 cm³/mol. The summed E-state index contributed by atoms with van der Waals surface area (Å²) >= 11 is 0. The Morgan fingerprint density at radius 3 is 2.36 bits per heavy atom. The highest BCUT2D eigenvalue weighted by Gasteiger charge is 2.07. The number of aryl methyl sites for hydroxylation is 1. The average Bonchev–Trinajstić information content (AvgIpc) is 2.64. The Balaban J connectivity index is 2.00. The van der Waals surface area contributed by atoms with Crippen molar-refractivity contribution < 1.29 is 9.52 Å². The van der Waals surface area contributed by atoms with Crippen molar-refractivity contribution in [2.45, 2.75) is 6.92 Å². The number of nitrogens with zero attached hydrogens (tertiary/aromatic N) is 1. The Bertz CT molecular complexity index is 1090. The van der Waals surface area contributed by atoms with E-state index in [0.717, 1.165) is 27.8 Å². The molecule has 1 heterocycles. The van der Waals surface area contributed by atoms with Crippen LogP contribution in [0.1, 0.15) is 5.56 Å². The van der Waals surface area contributed by atoms with Crippen LogP contribution in [0.3, 0.4) is 0 Å². The highest BCUT2D eigenvalue weighted by Crippen LogP contribution is 2.24. The normalized spacial score (nSPS) is 11.8. The largest absolute Gasteiger partial charge is 0.508 e. The van der Waals surface area contributed by atoms with Gasteiger partial charge >= 0.3 is 0 Å². The highest BCUT2D eigenvalue weighted by molar-refractivity contribution is 5.80. The molecule has 0 saturated carbocycles. The molecule has 3 nitrogen and oxygen atoms in total. The van der Waals surface area contributed by atoms with Crippen LogP contribution >= 0.6 is 0 Å². The Morgan fingerprint density at radius 2 is 1.60 bits per heavy atom. The van der Waals surface area contributed by atoms with Crippen LogP contribution in [0.2, 0.25) is 0 Å². The molecular weight excluding hydrogens is 310 g/mol. The first kappa shape index (κ1) is 15.2. The van der Waals surface area contributed by atoms with Crippen LogP contribution in [0.4, 0.5) is 5.69 Å². The van der Waals surface area contributed by atoms with Gasteiger partial charge in [-0.25, -0.2) is 4.99 Å². The van der Waals surface area contributed by atoms with Crippen LogP contribution in [-0.2, 0) is 0 Å². The molecule has 0 aliphatic rings. The van der Waals surface area contributed by atoms with E-state index in [4.69, 9.17) is 9.41 Å². The van der Waals surface area contributed by atoms with Crippen molar-refractivity contribution in [3.63, 3.8) is 0 Å². The van der Waals surface area contributed by atoms with Crippen molar-refractivity contribution in [1.29, 1.82) is 0 Å². The van der Waals surface area contributed by atoms with E-state index >= 15 is 0 Å². The standard InChI is InChI=1S/C22H17NO2/c1-15-7-9-17(10-8-15)23-20-14-22(16-5-3-2-4-6-16)25-21-12-11-18(24)13-19(20)21/h2-14,24H,1H3. The third-order valence-corrected chi connectivity index (χ3v) is 4.07. The van der Waals surface area contributed by atoms with E-state index in [2.05, 4.69) is 0 Å². The molecule has 3 aromatic carbocycles. The van der Waals surface area contributed by atoms with Crippen molar-refractivity contribution in [2.75, 3.05) is 0 Å². The van der Waals surface area contributed by atoms with Gasteiger partial charge in [0.2, 0.25) is 0 Å². The summed E-state index contributed by atoms with van der Waals surface area (Å²) in [4.78, 5) is 4.77. The van der Waals surface area contributed by atoms with Gasteiger partial charge in [0.15, 0.2) is 0 Å². The molecule has 0 aliphatic carbocycles. The summed E-state index contributed by atoms with van der Waals surface area (Å²) in [6.07, 6.45) is 0. The molecule has 1 aromatic heterocycles. The lowest BCUT2D eigenvalue weighted by molar-refractivity contribution is 0.475. The van der Waals surface area contributed by atoms with Crippen molar-refractivity contribution in [2.24, 2.45) is 4.99 Å². The van der Waals surface area contributed by atoms with Crippen LogP contribution in [0.5, 0.6) is 5.75 Å². The molecule has 0 fully saturated rings. The van der Waals surface area contributed by atoms with Crippen molar-refractivity contribution in [3.8, 4) is 17.1 Å². The summed E-state index contributed by atoms with van der Waals surface area (Å²) < 4.78 is 6.03. The van der Waals surface area contributed by atoms with Gasteiger partial charge in [0, 0.05) is 17.0 Å². The molecule has 1 N–H and O–H groups in total. The molecule has 4 aromatic rings. The second kappa shape index (κ2) is 6.29. The van der Waals surface area contributed by atoms with Gasteiger partial charge in [-0.1, -0.05) is 48.0 Å². The summed E-state index contributed by atoms with van der Waals surface area (Å²) in [6.45, 7) is 2.05. The van der Waals surface area contributed by atoms with E-state index in [1.54, 1.807) is 18.2 Å². The molecule has 3 heteroatoms. The molecule has 4 rings (SSSR count). The fourth-order valence-electron chi connectivity index (χ4n) is 2.75. The lowest BCUT2D eigenvalue weighted by atomic mass is 10.1. The molecule has 0 amide bonds. The first-order chi connectivity index (χ1) is 12.2. The fraction of sp³-hybridized carbons (Fsp3) is 0.0455. The first-order valence-electron chi connectivity index (χ1n) is 8.13. The maximum absolute atomic E-state index is 9.86. The zero-order valence-corrected chi connectivity index (χ0v) is 13.8. The number of fused-ring (bicyclic) bond motifs is 1. The smallest absolute Gasteiger partial charge is 0.137 e. The van der Waals surface area contributed by atoms with Gasteiger partial charge < -0.3 is 9.52 Å². The van der Waals surface area contributed by atoms with Gasteiger partial charge in [0.1, 0.15) is 17.1 Å². The highest BCUT2D eigenvalue weighted by atomic mass is 16.3. The van der Waals surface area contributed by atoms with Crippen molar-refractivity contribution in [3.05, 3.63) is 89.8 Å². The monoisotopic (exact) mass is 327 g/mol. The van der Waals surface area contributed by atoms with E-state index in [1.165, 1.54) is 5.56 Å². The fourth-order valence-corrected chi connectivity index (χ4v) is 2.75. The topological polar surface area (TPSA) is 45.7 Å². The maximum atomic E-state index is 9.86. The third kappa shape index (κ3) is 3.17. The Kier molecular flexibility index (Phi) is 3.82. The SMILES string of the molecule is Cc1ccc(N=c2cc(-c3ccccc3)oc3ccc(O)cc23)cc1. The summed E-state index contributed by atoms with van der Waals surface area (Å²) in [5.74, 6) is 0.931. The molecule has 0 unspecified atom stereocenters. The number of phenols is 1. The van der Waals surface area contributed by atoms with Crippen LogP contribution in [-0.4, -0.2) is 5.11 Å². The van der Waals surface area contributed by atoms with Gasteiger partial charge in [-0.2, -0.15) is 0 Å². The number of rotatable bonds is 2. The maximum Gasteiger partial charge on any atom is 0.137 e. The summed E-state index contributed by atoms with van der Waals surface area (Å²) in [5, 5.41) is 11.4. The van der Waals surface area contributed by atoms with E-state index in [-0.39, 0.29) is 5.75 Å². The number of aromatic hydroxyl groups is 1. The Labute approximate surface area is 145 Å². The predicted octanol–water partition coefficient (Wildman–Crippen LogP) is 5.35. The summed E-state index contributed by atoms with van der Waals surface area (Å²) in [6, 6.07) is 24.9. The zero-order valence-electron chi connectivity index (χ0n) is 13.8. The number of hydrogen-bond donors (Lipinski definition) is 1. The van der Waals surface area contributed by atoms with E-state index < -0.39 is 0 Å². The van der Waals surface area contributed by atoms with Crippen molar-refractivity contribution >= 4 is 16.7 Å². The van der Waals surface area contributed by atoms with Crippen molar-refractivity contribution in [1.82, 2.24) is 0 Å². The van der Waals surface area contributed by atoms with E-state index in [9.17, 15) is 5.11 Å². The van der Waals surface area contributed by atoms with Crippen LogP contribution < -0.4 is 5.36 Å². The van der Waals surface area contributed by atoms with Crippen LogP contribution in [0, 0.1) is 6.92 Å². The molecular formula is C22H17NO2. The molecule has 25 heavy (non-hydrogen) atoms. The number of phenolic OH excluding ortho intramolecular Hbond substituents is 1. The minimum atomic E-state index is 0.190. The Morgan fingerprint density at radius 1 is 0.840 bits per heavy atom. The second-order valence-electron chi connectivity index (χ2n) is 5.99. The quantitative estimate of drug-likeness (QED) is 0.539. The zero-order chi connectivity index (χ0) is 17.2. The molecule has 0 atom stereocenters. The first-order valence-corrected chi connectivity index (χ1v) is 8.13. The van der Waals surface area contributed by atoms with Gasteiger partial charge in [-0.3, -0.25) is 0 Å². The molecule has 0 radical (unpaired) electrons. The summed E-state index contributed by atoms with van der Waals surface area (Å²) in [5.41, 5.74) is 3.72. The lowest BCUT2D eigenvalue weighted by Crippen LogP contribution is -2.03. The van der Waals surface area contributed by atoms with Gasteiger partial charge in [0.25, 0.3) is 0 Å². The lowest BCUT2D eigenvalue weighted by Gasteiger charge is -2.05. The summed E-state index contributed by atoms with van der Waals surface area (Å²) in [7, 11) is 0. The number of hydrogen-bond acceptors (Lipinski definition) is 3. The van der Waals surface area contributed by atoms with Gasteiger partial charge in [-0.15, -0.1) is 0 Å². The minimum absolute atomic E-state index is 0.190.